The monoisotopic (exact) mass is 1410 g/mol. The van der Waals surface area contributed by atoms with Crippen LogP contribution in [0.15, 0.2) is 425 Å². The van der Waals surface area contributed by atoms with Crippen molar-refractivity contribution < 1.29 is 0 Å². The lowest BCUT2D eigenvalue weighted by Crippen LogP contribution is -2.61. The van der Waals surface area contributed by atoms with Crippen molar-refractivity contribution in [3.63, 3.8) is 0 Å². The van der Waals surface area contributed by atoms with Crippen LogP contribution in [0.1, 0.15) is 0 Å². The number of fused-ring (bicyclic) bond motifs is 4. The molecule has 0 amide bonds. The Labute approximate surface area is 647 Å². The molecule has 0 radical (unpaired) electrons. The highest BCUT2D eigenvalue weighted by molar-refractivity contribution is 7.00. The Morgan fingerprint density at radius 2 is 0.351 bits per heavy atom. The number of nitrogens with zero attached hydrogens (tertiary/aromatic N) is 5. The van der Waals surface area contributed by atoms with Gasteiger partial charge in [-0.05, 0) is 225 Å². The summed E-state index contributed by atoms with van der Waals surface area (Å²) in [6, 6.07) is 155. The van der Waals surface area contributed by atoms with E-state index in [0.717, 1.165) is 168 Å². The van der Waals surface area contributed by atoms with Crippen LogP contribution in [0.3, 0.4) is 0 Å². The van der Waals surface area contributed by atoms with Crippen molar-refractivity contribution in [2.24, 2.45) is 0 Å². The van der Waals surface area contributed by atoms with Gasteiger partial charge in [0.1, 0.15) is 0 Å². The van der Waals surface area contributed by atoms with Crippen molar-refractivity contribution in [2.75, 3.05) is 9.80 Å². The molecule has 0 aliphatic carbocycles. The predicted molar refractivity (Wildman–Crippen MR) is 465 cm³/mol. The Morgan fingerprint density at radius 1 is 0.153 bits per heavy atom. The van der Waals surface area contributed by atoms with Crippen LogP contribution in [0.2, 0.25) is 0 Å². The molecule has 6 heteroatoms. The summed E-state index contributed by atoms with van der Waals surface area (Å²) in [7, 11) is 0. The summed E-state index contributed by atoms with van der Waals surface area (Å²) in [6.45, 7) is -0.301. The van der Waals surface area contributed by atoms with Gasteiger partial charge < -0.3 is 9.80 Å². The summed E-state index contributed by atoms with van der Waals surface area (Å²) in [5, 5.41) is 0. The highest BCUT2D eigenvalue weighted by atomic mass is 15.2. The van der Waals surface area contributed by atoms with Crippen molar-refractivity contribution >= 4 is 57.2 Å². The first-order chi connectivity index (χ1) is 55.0. The van der Waals surface area contributed by atoms with Crippen LogP contribution in [0.25, 0.3) is 145 Å². The van der Waals surface area contributed by atoms with Crippen LogP contribution in [0, 0.1) is 0 Å². The topological polar surface area (TPSA) is 45.2 Å². The van der Waals surface area contributed by atoms with Gasteiger partial charge in [-0.15, -0.1) is 0 Å². The number of aromatic nitrogens is 3. The molecule has 20 rings (SSSR count). The van der Waals surface area contributed by atoms with Crippen molar-refractivity contribution in [3.8, 4) is 145 Å². The summed E-state index contributed by atoms with van der Waals surface area (Å²) in [5.74, 6) is 1.60. The quantitative estimate of drug-likeness (QED) is 0.0957. The molecular weight excluding hydrogens is 1340 g/mol. The third kappa shape index (κ3) is 12.8. The van der Waals surface area contributed by atoms with E-state index in [4.69, 9.17) is 15.0 Å². The van der Waals surface area contributed by atoms with Gasteiger partial charge in [-0.1, -0.05) is 328 Å². The Balaban J connectivity index is 0.929. The van der Waals surface area contributed by atoms with Crippen LogP contribution in [0.4, 0.5) is 34.1 Å². The minimum absolute atomic E-state index is 0.301. The van der Waals surface area contributed by atoms with Crippen LogP contribution in [-0.4, -0.2) is 21.7 Å². The Morgan fingerprint density at radius 3 is 0.586 bits per heavy atom. The first-order valence-electron chi connectivity index (χ1n) is 38.0. The molecule has 5 nitrogen and oxygen atoms in total. The fourth-order valence-electron chi connectivity index (χ4n) is 16.4. The average Bonchev–Trinajstić information content (AvgIpc) is 0.692. The molecule has 111 heavy (non-hydrogen) atoms. The Hall–Kier alpha value is -14.6. The third-order valence-electron chi connectivity index (χ3n) is 21.8. The van der Waals surface area contributed by atoms with Gasteiger partial charge in [0.2, 0.25) is 0 Å². The second kappa shape index (κ2) is 28.6. The maximum absolute atomic E-state index is 5.92. The van der Waals surface area contributed by atoms with Crippen LogP contribution < -0.4 is 26.2 Å². The lowest BCUT2D eigenvalue weighted by atomic mass is 9.33. The molecule has 0 N–H and O–H groups in total. The Bertz CT molecular complexity index is 5850. The van der Waals surface area contributed by atoms with Crippen LogP contribution in [0.5, 0.6) is 0 Å². The molecule has 0 atom stereocenters. The average molecular weight is 1410 g/mol. The van der Waals surface area contributed by atoms with E-state index in [0.29, 0.717) is 17.5 Å². The first kappa shape index (κ1) is 65.9. The van der Waals surface area contributed by atoms with E-state index >= 15 is 0 Å². The van der Waals surface area contributed by atoms with Gasteiger partial charge in [0, 0.05) is 50.8 Å². The summed E-state index contributed by atoms with van der Waals surface area (Å²) >= 11 is 0. The Kier molecular flexibility index (Phi) is 17.0. The van der Waals surface area contributed by atoms with Gasteiger partial charge in [0.05, 0.1) is 0 Å². The number of hydrogen-bond donors (Lipinski definition) is 0. The first-order valence-corrected chi connectivity index (χ1v) is 38.0. The smallest absolute Gasteiger partial charge is 0.252 e. The van der Waals surface area contributed by atoms with Gasteiger partial charge in [-0.3, -0.25) is 0 Å². The van der Waals surface area contributed by atoms with Gasteiger partial charge in [-0.25, -0.2) is 15.0 Å². The second-order valence-corrected chi connectivity index (χ2v) is 28.7. The van der Waals surface area contributed by atoms with Crippen molar-refractivity contribution in [1.82, 2.24) is 15.0 Å². The van der Waals surface area contributed by atoms with Gasteiger partial charge >= 0.3 is 0 Å². The molecule has 0 spiro atoms. The largest absolute Gasteiger partial charge is 0.311 e. The molecule has 2 aliphatic rings. The predicted octanol–water partition coefficient (Wildman–Crippen LogP) is 25.6. The van der Waals surface area contributed by atoms with Gasteiger partial charge in [0.25, 0.3) is 6.71 Å². The fraction of sp³-hybridized carbons (Fsp3) is 0. The molecule has 18 aromatic rings. The van der Waals surface area contributed by atoms with E-state index in [2.05, 4.69) is 434 Å². The standard InChI is InChI=1S/C105H70BN5/c1-11-31-71(32-12-1)81-51-53-98-96(67-81)106-97-68-82(72-33-13-2-14-34-72)52-54-99(97)111(95-65-89(79-47-27-9-28-48-79)58-90(66-95)80-49-29-10-30-50-80)101-70-93(69-100(102(101)106)110(98)94-63-87(77-43-23-7-24-44-77)57-88(64-94)78-45-25-8-26-46-78)105-108-103(91-59-83(73-35-15-3-16-36-73)55-84(60-91)74-37-17-4-18-38-74)107-104(109-105)92-61-85(75-39-19-5-20-40-75)56-86(62-92)76-41-21-6-22-42-76/h1-70H. The highest BCUT2D eigenvalue weighted by Crippen LogP contribution is 2.50. The van der Waals surface area contributed by atoms with E-state index in [-0.39, 0.29) is 6.71 Å². The molecule has 518 valence electrons. The second-order valence-electron chi connectivity index (χ2n) is 28.7. The normalized spacial score (nSPS) is 11.9. The van der Waals surface area contributed by atoms with Crippen LogP contribution in [-0.2, 0) is 0 Å². The lowest BCUT2D eigenvalue weighted by Gasteiger charge is -2.45. The molecule has 0 bridgehead atoms. The highest BCUT2D eigenvalue weighted by Gasteiger charge is 2.45. The van der Waals surface area contributed by atoms with E-state index in [1.165, 1.54) is 10.9 Å². The van der Waals surface area contributed by atoms with E-state index in [9.17, 15) is 0 Å². The molecule has 2 aliphatic heterocycles. The minimum Gasteiger partial charge on any atom is -0.311 e. The molecule has 0 unspecified atom stereocenters. The van der Waals surface area contributed by atoms with E-state index < -0.39 is 0 Å². The zero-order valence-corrected chi connectivity index (χ0v) is 60.7. The summed E-state index contributed by atoms with van der Waals surface area (Å²) in [4.78, 5) is 22.7. The number of anilines is 6. The third-order valence-corrected chi connectivity index (χ3v) is 21.8. The van der Waals surface area contributed by atoms with Crippen molar-refractivity contribution in [3.05, 3.63) is 425 Å². The fourth-order valence-corrected chi connectivity index (χ4v) is 16.4. The van der Waals surface area contributed by atoms with E-state index in [1.807, 2.05) is 0 Å². The van der Waals surface area contributed by atoms with Gasteiger partial charge in [-0.2, -0.15) is 0 Å². The maximum Gasteiger partial charge on any atom is 0.252 e. The molecule has 1 aromatic heterocycles. The van der Waals surface area contributed by atoms with Gasteiger partial charge in [0.15, 0.2) is 17.5 Å². The molecule has 0 saturated heterocycles. The number of benzene rings is 17. The molecule has 0 saturated carbocycles. The molecular formula is C105H70BN5. The molecule has 3 heterocycles. The summed E-state index contributed by atoms with van der Waals surface area (Å²) < 4.78 is 0. The maximum atomic E-state index is 5.92. The number of rotatable bonds is 15. The lowest BCUT2D eigenvalue weighted by molar-refractivity contribution is 1.07. The van der Waals surface area contributed by atoms with E-state index in [1.54, 1.807) is 0 Å². The number of hydrogen-bond acceptors (Lipinski definition) is 5. The van der Waals surface area contributed by atoms with Crippen LogP contribution >= 0.6 is 0 Å². The SMILES string of the molecule is c1ccc(-c2cc(-c3ccccc3)cc(-c3nc(-c4cc(-c5ccccc5)cc(-c5ccccc5)c4)nc(-c4cc5c6c(c4)N(c4cc(-c7ccccc7)cc(-c7ccccc7)c4)c4ccc(-c7ccccc7)cc4B6c4cc(-c6ccccc6)ccc4N5c4cc(-c5ccccc5)cc(-c5ccccc5)c4)n3)c2)cc1. The molecule has 0 fully saturated rings. The van der Waals surface area contributed by atoms with Crippen molar-refractivity contribution in [1.29, 1.82) is 0 Å². The zero-order valence-electron chi connectivity index (χ0n) is 60.7. The minimum atomic E-state index is -0.301. The zero-order chi connectivity index (χ0) is 73.6. The summed E-state index contributed by atoms with van der Waals surface area (Å²) in [6.07, 6.45) is 0. The molecule has 17 aromatic carbocycles. The summed E-state index contributed by atoms with van der Waals surface area (Å²) in [5.41, 5.74) is 34.1. The van der Waals surface area contributed by atoms with Crippen molar-refractivity contribution in [2.45, 2.75) is 0 Å².